The van der Waals surface area contributed by atoms with Gasteiger partial charge < -0.3 is 14.2 Å². The van der Waals surface area contributed by atoms with E-state index in [-0.39, 0.29) is 22.8 Å². The molecule has 0 aliphatic heterocycles. The molecular formula is C19H19N3O6S. The lowest BCUT2D eigenvalue weighted by Crippen LogP contribution is -2.15. The van der Waals surface area contributed by atoms with Crippen LogP contribution < -0.4 is 19.5 Å². The van der Waals surface area contributed by atoms with Gasteiger partial charge in [-0.25, -0.2) is 4.98 Å². The van der Waals surface area contributed by atoms with Crippen molar-refractivity contribution in [3.63, 3.8) is 0 Å². The fraction of sp³-hybridized carbons (Fsp3) is 0.263. The zero-order valence-electron chi connectivity index (χ0n) is 16.3. The van der Waals surface area contributed by atoms with E-state index in [2.05, 4.69) is 17.2 Å². The molecule has 0 radical (unpaired) electrons. The van der Waals surface area contributed by atoms with Crippen LogP contribution >= 0.6 is 11.3 Å². The molecule has 9 nitrogen and oxygen atoms in total. The van der Waals surface area contributed by atoms with Crippen LogP contribution in [-0.2, 0) is 6.42 Å². The summed E-state index contributed by atoms with van der Waals surface area (Å²) in [6.45, 7) is 2.05. The Morgan fingerprint density at radius 1 is 1.17 bits per heavy atom. The summed E-state index contributed by atoms with van der Waals surface area (Å²) >= 11 is 1.29. The van der Waals surface area contributed by atoms with Crippen LogP contribution in [0.4, 0.5) is 10.8 Å². The number of nitrogens with zero attached hydrogens (tertiary/aromatic N) is 2. The quantitative estimate of drug-likeness (QED) is 0.456. The average Bonchev–Trinajstić information content (AvgIpc) is 3.12. The number of aryl methyl sites for hydroxylation is 1. The molecule has 0 saturated carbocycles. The molecule has 1 N–H and O–H groups in total. The number of carbonyl (C=O) groups excluding carboxylic acids is 1. The Morgan fingerprint density at radius 2 is 1.90 bits per heavy atom. The number of anilines is 1. The van der Waals surface area contributed by atoms with Gasteiger partial charge >= 0.3 is 5.69 Å². The van der Waals surface area contributed by atoms with Crippen LogP contribution in [0, 0.1) is 10.1 Å². The van der Waals surface area contributed by atoms with Gasteiger partial charge in [-0.1, -0.05) is 24.3 Å². The van der Waals surface area contributed by atoms with E-state index in [1.165, 1.54) is 38.7 Å². The molecule has 3 rings (SSSR count). The summed E-state index contributed by atoms with van der Waals surface area (Å²) in [5.74, 6) is -0.730. The number of ether oxygens (including phenoxy) is 3. The second-order valence-electron chi connectivity index (χ2n) is 5.93. The van der Waals surface area contributed by atoms with E-state index < -0.39 is 16.5 Å². The van der Waals surface area contributed by atoms with Crippen LogP contribution in [0.1, 0.15) is 22.8 Å². The molecule has 0 bridgehead atoms. The Balaban J connectivity index is 2.05. The fourth-order valence-corrected chi connectivity index (χ4v) is 3.83. The van der Waals surface area contributed by atoms with Crippen molar-refractivity contribution < 1.29 is 23.9 Å². The third kappa shape index (κ3) is 3.79. The van der Waals surface area contributed by atoms with Crippen molar-refractivity contribution in [1.82, 2.24) is 4.98 Å². The number of aromatic nitrogens is 1. The number of methoxy groups -OCH3 is 3. The first-order valence-electron chi connectivity index (χ1n) is 8.61. The summed E-state index contributed by atoms with van der Waals surface area (Å²) in [5.41, 5.74) is 1.15. The van der Waals surface area contributed by atoms with Crippen molar-refractivity contribution in [2.75, 3.05) is 26.6 Å². The molecule has 0 spiro atoms. The number of thiazole rings is 1. The molecule has 10 heteroatoms. The molecule has 1 aromatic heterocycles. The van der Waals surface area contributed by atoms with Gasteiger partial charge in [0.15, 0.2) is 10.9 Å². The molecule has 0 aliphatic carbocycles. The second-order valence-corrected chi connectivity index (χ2v) is 6.96. The summed E-state index contributed by atoms with van der Waals surface area (Å²) < 4.78 is 16.4. The van der Waals surface area contributed by atoms with Gasteiger partial charge in [-0.15, -0.1) is 0 Å². The Bertz CT molecular complexity index is 1100. The first kappa shape index (κ1) is 20.3. The molecule has 0 aliphatic rings. The summed E-state index contributed by atoms with van der Waals surface area (Å²) in [6, 6.07) is 7.10. The number of hydrogen-bond acceptors (Lipinski definition) is 8. The molecule has 0 unspecified atom stereocenters. The predicted octanol–water partition coefficient (Wildman–Crippen LogP) is 4.05. The summed E-state index contributed by atoms with van der Waals surface area (Å²) in [5, 5.41) is 14.6. The predicted molar refractivity (Wildman–Crippen MR) is 110 cm³/mol. The van der Waals surface area contributed by atoms with Gasteiger partial charge in [0.2, 0.25) is 11.5 Å². The van der Waals surface area contributed by atoms with Crippen molar-refractivity contribution in [3.05, 3.63) is 45.5 Å². The normalized spacial score (nSPS) is 10.6. The molecule has 0 saturated heterocycles. The topological polar surface area (TPSA) is 113 Å². The van der Waals surface area contributed by atoms with E-state index in [0.29, 0.717) is 5.13 Å². The number of hydrogen-bond donors (Lipinski definition) is 1. The SMILES string of the molecule is CCc1ccc2nc(NC(=O)c3cc(OC)c(OC)c(OC)c3[N+](=O)[O-])sc2c1. The van der Waals surface area contributed by atoms with Gasteiger partial charge in [0.05, 0.1) is 36.5 Å². The number of amides is 1. The molecule has 29 heavy (non-hydrogen) atoms. The van der Waals surface area contributed by atoms with E-state index in [9.17, 15) is 14.9 Å². The molecule has 2 aromatic carbocycles. The van der Waals surface area contributed by atoms with Crippen LogP contribution in [-0.4, -0.2) is 37.1 Å². The molecule has 0 atom stereocenters. The van der Waals surface area contributed by atoms with E-state index >= 15 is 0 Å². The Hall–Kier alpha value is -3.40. The summed E-state index contributed by atoms with van der Waals surface area (Å²) in [4.78, 5) is 28.2. The highest BCUT2D eigenvalue weighted by Gasteiger charge is 2.32. The highest BCUT2D eigenvalue weighted by atomic mass is 32.1. The third-order valence-corrected chi connectivity index (χ3v) is 5.25. The van der Waals surface area contributed by atoms with Crippen molar-refractivity contribution in [1.29, 1.82) is 0 Å². The summed E-state index contributed by atoms with van der Waals surface area (Å²) in [6.07, 6.45) is 0.882. The van der Waals surface area contributed by atoms with Gasteiger partial charge in [0, 0.05) is 6.07 Å². The van der Waals surface area contributed by atoms with Gasteiger partial charge in [-0.2, -0.15) is 0 Å². The van der Waals surface area contributed by atoms with E-state index in [4.69, 9.17) is 14.2 Å². The highest BCUT2D eigenvalue weighted by Crippen LogP contribution is 2.46. The van der Waals surface area contributed by atoms with Crippen molar-refractivity contribution in [2.45, 2.75) is 13.3 Å². The minimum Gasteiger partial charge on any atom is -0.493 e. The standard InChI is InChI=1S/C19H19N3O6S/c1-5-10-6-7-12-14(8-10)29-19(20-12)21-18(23)11-9-13(26-2)16(27-3)17(28-4)15(11)22(24)25/h6-9H,5H2,1-4H3,(H,20,21,23). The lowest BCUT2D eigenvalue weighted by molar-refractivity contribution is -0.386. The highest BCUT2D eigenvalue weighted by molar-refractivity contribution is 7.22. The van der Waals surface area contributed by atoms with Crippen LogP contribution in [0.25, 0.3) is 10.2 Å². The molecule has 152 valence electrons. The Labute approximate surface area is 170 Å². The average molecular weight is 417 g/mol. The van der Waals surface area contributed by atoms with Gasteiger partial charge in [0.1, 0.15) is 5.56 Å². The number of rotatable bonds is 7. The number of nitro benzene ring substituents is 1. The lowest BCUT2D eigenvalue weighted by atomic mass is 10.1. The monoisotopic (exact) mass is 417 g/mol. The van der Waals surface area contributed by atoms with E-state index in [1.54, 1.807) is 0 Å². The number of carbonyl (C=O) groups is 1. The second kappa shape index (κ2) is 8.31. The Morgan fingerprint density at radius 3 is 2.48 bits per heavy atom. The largest absolute Gasteiger partial charge is 0.493 e. The molecule has 1 amide bonds. The van der Waals surface area contributed by atoms with E-state index in [1.807, 2.05) is 18.2 Å². The van der Waals surface area contributed by atoms with Crippen molar-refractivity contribution in [3.8, 4) is 17.2 Å². The number of benzene rings is 2. The summed E-state index contributed by atoms with van der Waals surface area (Å²) in [7, 11) is 3.95. The van der Waals surface area contributed by atoms with Gasteiger partial charge in [0.25, 0.3) is 5.91 Å². The zero-order valence-corrected chi connectivity index (χ0v) is 17.1. The number of fused-ring (bicyclic) bond motifs is 1. The van der Waals surface area contributed by atoms with Crippen LogP contribution in [0.5, 0.6) is 17.2 Å². The zero-order chi connectivity index (χ0) is 21.1. The Kier molecular flexibility index (Phi) is 5.83. The smallest absolute Gasteiger partial charge is 0.327 e. The molecule has 1 heterocycles. The first-order chi connectivity index (χ1) is 13.9. The van der Waals surface area contributed by atoms with Crippen molar-refractivity contribution >= 4 is 38.3 Å². The number of nitrogens with one attached hydrogen (secondary N) is 1. The lowest BCUT2D eigenvalue weighted by Gasteiger charge is -2.14. The maximum Gasteiger partial charge on any atom is 0.327 e. The van der Waals surface area contributed by atoms with Crippen LogP contribution in [0.15, 0.2) is 24.3 Å². The third-order valence-electron chi connectivity index (χ3n) is 4.31. The maximum absolute atomic E-state index is 12.9. The van der Waals surface area contributed by atoms with Gasteiger partial charge in [-0.3, -0.25) is 20.2 Å². The number of nitro groups is 1. The van der Waals surface area contributed by atoms with Crippen LogP contribution in [0.2, 0.25) is 0 Å². The minimum atomic E-state index is -0.703. The van der Waals surface area contributed by atoms with Crippen LogP contribution in [0.3, 0.4) is 0 Å². The fourth-order valence-electron chi connectivity index (χ4n) is 2.90. The minimum absolute atomic E-state index is 0.0327. The first-order valence-corrected chi connectivity index (χ1v) is 9.43. The van der Waals surface area contributed by atoms with E-state index in [0.717, 1.165) is 22.2 Å². The molecule has 3 aromatic rings. The molecule has 0 fully saturated rings. The maximum atomic E-state index is 12.9. The molecular weight excluding hydrogens is 398 g/mol. The van der Waals surface area contributed by atoms with Crippen molar-refractivity contribution in [2.24, 2.45) is 0 Å². The van der Waals surface area contributed by atoms with Gasteiger partial charge in [-0.05, 0) is 24.1 Å².